The predicted octanol–water partition coefficient (Wildman–Crippen LogP) is 1.12. The van der Waals surface area contributed by atoms with Gasteiger partial charge in [0.1, 0.15) is 0 Å². The smallest absolute Gasteiger partial charge is 0.181 e. The summed E-state index contributed by atoms with van der Waals surface area (Å²) >= 11 is 2.89. The van der Waals surface area contributed by atoms with Gasteiger partial charge < -0.3 is 0 Å². The van der Waals surface area contributed by atoms with Crippen molar-refractivity contribution in [3.05, 3.63) is 0 Å². The molecule has 0 aliphatic carbocycles. The van der Waals surface area contributed by atoms with Crippen LogP contribution in [-0.2, 0) is 14.6 Å². The average Bonchev–Trinajstić information content (AvgIpc) is 1.87. The van der Waals surface area contributed by atoms with Crippen molar-refractivity contribution in [2.45, 2.75) is 24.4 Å². The highest BCUT2D eigenvalue weighted by molar-refractivity contribution is 9.12. The molecule has 1 atom stereocenters. The highest BCUT2D eigenvalue weighted by Crippen LogP contribution is 2.26. The van der Waals surface area contributed by atoms with Crippen LogP contribution >= 0.6 is 15.9 Å². The predicted molar refractivity (Wildman–Crippen MR) is 47.5 cm³/mol. The van der Waals surface area contributed by atoms with E-state index in [0.29, 0.717) is 0 Å². The second-order valence-electron chi connectivity index (χ2n) is 2.38. The van der Waals surface area contributed by atoms with Crippen molar-refractivity contribution in [1.82, 2.24) is 0 Å². The van der Waals surface area contributed by atoms with E-state index in [2.05, 4.69) is 15.9 Å². The van der Waals surface area contributed by atoms with E-state index in [1.54, 1.807) is 0 Å². The summed E-state index contributed by atoms with van der Waals surface area (Å²) in [5.41, 5.74) is 0. The molecule has 0 amide bonds. The summed E-state index contributed by atoms with van der Waals surface area (Å²) < 4.78 is 21.0. The number of sulfone groups is 1. The monoisotopic (exact) mass is 242 g/mol. The second kappa shape index (κ2) is 3.23. The SMILES string of the molecule is CCS(=O)(=O)C(C)(Br)C(C)=O. The van der Waals surface area contributed by atoms with Crippen molar-refractivity contribution >= 4 is 31.6 Å². The molecule has 0 saturated carbocycles. The molecule has 3 nitrogen and oxygen atoms in total. The topological polar surface area (TPSA) is 51.2 Å². The molecule has 11 heavy (non-hydrogen) atoms. The van der Waals surface area contributed by atoms with Crippen molar-refractivity contribution in [3.8, 4) is 0 Å². The number of alkyl halides is 1. The van der Waals surface area contributed by atoms with Gasteiger partial charge in [-0.15, -0.1) is 0 Å². The first-order valence-corrected chi connectivity index (χ1v) is 5.62. The Balaban J connectivity index is 5.01. The van der Waals surface area contributed by atoms with Gasteiger partial charge in [-0.25, -0.2) is 8.42 Å². The summed E-state index contributed by atoms with van der Waals surface area (Å²) in [5.74, 6) is -0.423. The molecule has 1 unspecified atom stereocenters. The third kappa shape index (κ3) is 2.02. The standard InChI is InChI=1S/C6H11BrO3S/c1-4-11(9,10)6(3,7)5(2)8/h4H2,1-3H3. The molecule has 0 rings (SSSR count). The first kappa shape index (κ1) is 11.1. The molecule has 0 aliphatic heterocycles. The molecular formula is C6H11BrO3S. The van der Waals surface area contributed by atoms with Crippen LogP contribution < -0.4 is 0 Å². The maximum atomic E-state index is 11.2. The average molecular weight is 243 g/mol. The molecule has 0 fully saturated rings. The Morgan fingerprint density at radius 1 is 1.55 bits per heavy atom. The van der Waals surface area contributed by atoms with E-state index in [9.17, 15) is 13.2 Å². The van der Waals surface area contributed by atoms with E-state index >= 15 is 0 Å². The quantitative estimate of drug-likeness (QED) is 0.698. The van der Waals surface area contributed by atoms with E-state index in [4.69, 9.17) is 0 Å². The molecule has 0 N–H and O–H groups in total. The van der Waals surface area contributed by atoms with Crippen molar-refractivity contribution in [2.24, 2.45) is 0 Å². The molecule has 0 aliphatic rings. The summed E-state index contributed by atoms with van der Waals surface area (Å²) in [7, 11) is -3.33. The lowest BCUT2D eigenvalue weighted by Crippen LogP contribution is -2.36. The highest BCUT2D eigenvalue weighted by atomic mass is 79.9. The number of Topliss-reactive ketones (excluding diaryl/α,β-unsaturated/α-hetero) is 1. The second-order valence-corrected chi connectivity index (χ2v) is 7.11. The summed E-state index contributed by atoms with van der Waals surface area (Å²) in [6, 6.07) is 0. The molecular weight excluding hydrogens is 232 g/mol. The van der Waals surface area contributed by atoms with Crippen LogP contribution in [0.25, 0.3) is 0 Å². The normalized spacial score (nSPS) is 17.5. The van der Waals surface area contributed by atoms with Crippen molar-refractivity contribution in [3.63, 3.8) is 0 Å². The number of halogens is 1. The maximum Gasteiger partial charge on any atom is 0.181 e. The summed E-state index contributed by atoms with van der Waals surface area (Å²) in [5, 5.41) is 0. The van der Waals surface area contributed by atoms with Crippen molar-refractivity contribution in [1.29, 1.82) is 0 Å². The zero-order valence-corrected chi connectivity index (χ0v) is 9.12. The van der Waals surface area contributed by atoms with Crippen LogP contribution in [0.2, 0.25) is 0 Å². The van der Waals surface area contributed by atoms with E-state index in [1.165, 1.54) is 20.8 Å². The number of hydrogen-bond acceptors (Lipinski definition) is 3. The fourth-order valence-corrected chi connectivity index (χ4v) is 2.16. The van der Waals surface area contributed by atoms with Crippen LogP contribution in [0.15, 0.2) is 0 Å². The lowest BCUT2D eigenvalue weighted by molar-refractivity contribution is -0.116. The fourth-order valence-electron chi connectivity index (χ4n) is 0.490. The van der Waals surface area contributed by atoms with Crippen LogP contribution in [0.3, 0.4) is 0 Å². The molecule has 0 spiro atoms. The van der Waals surface area contributed by atoms with Crippen LogP contribution in [0.4, 0.5) is 0 Å². The van der Waals surface area contributed by atoms with Gasteiger partial charge in [-0.2, -0.15) is 0 Å². The van der Waals surface area contributed by atoms with Crippen LogP contribution in [-0.4, -0.2) is 23.6 Å². The van der Waals surface area contributed by atoms with Crippen LogP contribution in [0.5, 0.6) is 0 Å². The Morgan fingerprint density at radius 2 is 1.91 bits per heavy atom. The van der Waals surface area contributed by atoms with Crippen molar-refractivity contribution < 1.29 is 13.2 Å². The lowest BCUT2D eigenvalue weighted by atomic mass is 10.3. The Morgan fingerprint density at radius 3 is 2.00 bits per heavy atom. The Kier molecular flexibility index (Phi) is 3.26. The fraction of sp³-hybridized carbons (Fsp3) is 0.833. The van der Waals surface area contributed by atoms with Gasteiger partial charge in [0.05, 0.1) is 0 Å². The minimum atomic E-state index is -3.33. The molecule has 0 aromatic heterocycles. The van der Waals surface area contributed by atoms with E-state index in [1.807, 2.05) is 0 Å². The Bertz CT molecular complexity index is 253. The lowest BCUT2D eigenvalue weighted by Gasteiger charge is -2.17. The minimum Gasteiger partial charge on any atom is -0.297 e. The van der Waals surface area contributed by atoms with E-state index < -0.39 is 13.5 Å². The Labute approximate surface area is 75.2 Å². The zero-order valence-electron chi connectivity index (χ0n) is 6.72. The third-order valence-corrected chi connectivity index (χ3v) is 5.85. The number of carbonyl (C=O) groups is 1. The van der Waals surface area contributed by atoms with Crippen LogP contribution in [0, 0.1) is 0 Å². The minimum absolute atomic E-state index is 0.0334. The van der Waals surface area contributed by atoms with Crippen LogP contribution in [0.1, 0.15) is 20.8 Å². The van der Waals surface area contributed by atoms with E-state index in [-0.39, 0.29) is 11.5 Å². The number of rotatable bonds is 3. The third-order valence-electron chi connectivity index (χ3n) is 1.59. The first-order chi connectivity index (χ1) is 4.75. The van der Waals surface area contributed by atoms with Gasteiger partial charge in [0, 0.05) is 5.75 Å². The van der Waals surface area contributed by atoms with Gasteiger partial charge in [-0.1, -0.05) is 22.9 Å². The molecule has 0 radical (unpaired) electrons. The zero-order chi connectivity index (χ0) is 9.28. The van der Waals surface area contributed by atoms with Gasteiger partial charge in [-0.05, 0) is 13.8 Å². The molecule has 0 aromatic rings. The Hall–Kier alpha value is 0.1000. The number of ketones is 1. The number of carbonyl (C=O) groups excluding carboxylic acids is 1. The number of hydrogen-bond donors (Lipinski definition) is 0. The molecule has 5 heteroatoms. The maximum absolute atomic E-state index is 11.2. The van der Waals surface area contributed by atoms with Gasteiger partial charge in [0.15, 0.2) is 19.3 Å². The molecule has 0 heterocycles. The van der Waals surface area contributed by atoms with Gasteiger partial charge in [0.25, 0.3) is 0 Å². The summed E-state index contributed by atoms with van der Waals surface area (Å²) in [4.78, 5) is 10.8. The molecule has 0 bridgehead atoms. The van der Waals surface area contributed by atoms with Gasteiger partial charge in [-0.3, -0.25) is 4.79 Å². The molecule has 0 saturated heterocycles. The van der Waals surface area contributed by atoms with Gasteiger partial charge in [0.2, 0.25) is 0 Å². The molecule has 66 valence electrons. The van der Waals surface area contributed by atoms with Gasteiger partial charge >= 0.3 is 0 Å². The summed E-state index contributed by atoms with van der Waals surface area (Å²) in [6.07, 6.45) is 0. The first-order valence-electron chi connectivity index (χ1n) is 3.18. The van der Waals surface area contributed by atoms with Crippen molar-refractivity contribution in [2.75, 3.05) is 5.75 Å². The summed E-state index contributed by atoms with van der Waals surface area (Å²) in [6.45, 7) is 4.12. The largest absolute Gasteiger partial charge is 0.297 e. The van der Waals surface area contributed by atoms with E-state index in [0.717, 1.165) is 0 Å². The highest BCUT2D eigenvalue weighted by Gasteiger charge is 2.39. The molecule has 0 aromatic carbocycles.